The van der Waals surface area contributed by atoms with Crippen LogP contribution in [0.3, 0.4) is 0 Å². The van der Waals surface area contributed by atoms with Crippen LogP contribution in [0.25, 0.3) is 0 Å². The van der Waals surface area contributed by atoms with E-state index in [1.807, 2.05) is 30.3 Å². The molecule has 24 heavy (non-hydrogen) atoms. The Morgan fingerprint density at radius 3 is 2.46 bits per heavy atom. The van der Waals surface area contributed by atoms with Gasteiger partial charge in [0.1, 0.15) is 12.4 Å². The van der Waals surface area contributed by atoms with Crippen molar-refractivity contribution in [2.24, 2.45) is 5.73 Å². The van der Waals surface area contributed by atoms with Gasteiger partial charge in [-0.05, 0) is 30.2 Å². The third-order valence-corrected chi connectivity index (χ3v) is 3.97. The van der Waals surface area contributed by atoms with E-state index in [0.717, 1.165) is 11.8 Å². The second-order valence-corrected chi connectivity index (χ2v) is 7.46. The Kier molecular flexibility index (Phi) is 5.82. The quantitative estimate of drug-likeness (QED) is 0.709. The van der Waals surface area contributed by atoms with Crippen LogP contribution in [0.2, 0.25) is 0 Å². The van der Waals surface area contributed by atoms with Gasteiger partial charge in [-0.3, -0.25) is 4.72 Å². The van der Waals surface area contributed by atoms with E-state index < -0.39 is 22.2 Å². The van der Waals surface area contributed by atoms with Crippen LogP contribution in [0.1, 0.15) is 24.2 Å². The molecule has 0 radical (unpaired) electrons. The predicted molar refractivity (Wildman–Crippen MR) is 94.3 cm³/mol. The van der Waals surface area contributed by atoms with Crippen LogP contribution in [0, 0.1) is 0 Å². The number of aliphatic hydroxyl groups is 1. The van der Waals surface area contributed by atoms with Crippen molar-refractivity contribution in [1.82, 2.24) is 0 Å². The minimum Gasteiger partial charge on any atom is -0.487 e. The third kappa shape index (κ3) is 5.23. The molecule has 0 aliphatic carbocycles. The second-order valence-electron chi connectivity index (χ2n) is 5.71. The average Bonchev–Trinajstić information content (AvgIpc) is 2.52. The van der Waals surface area contributed by atoms with E-state index >= 15 is 0 Å². The normalized spacial score (nSPS) is 14.0. The van der Waals surface area contributed by atoms with Gasteiger partial charge in [0.2, 0.25) is 10.0 Å². The smallest absolute Gasteiger partial charge is 0.229 e. The molecule has 130 valence electrons. The first-order valence-electron chi connectivity index (χ1n) is 7.48. The SMILES string of the molecule is C[C@H](N)[C@H](O)c1ccc(OCc2ccccc2)c(NS(C)(=O)=O)c1. The number of nitrogens with two attached hydrogens (primary N) is 1. The highest BCUT2D eigenvalue weighted by molar-refractivity contribution is 7.92. The summed E-state index contributed by atoms with van der Waals surface area (Å²) in [6.07, 6.45) is 0.163. The monoisotopic (exact) mass is 350 g/mol. The maximum atomic E-state index is 11.6. The van der Waals surface area contributed by atoms with Crippen molar-refractivity contribution in [3.63, 3.8) is 0 Å². The molecule has 0 unspecified atom stereocenters. The molecule has 4 N–H and O–H groups in total. The summed E-state index contributed by atoms with van der Waals surface area (Å²) >= 11 is 0. The van der Waals surface area contributed by atoms with Gasteiger partial charge in [0.05, 0.1) is 18.0 Å². The summed E-state index contributed by atoms with van der Waals surface area (Å²) in [4.78, 5) is 0. The fourth-order valence-corrected chi connectivity index (χ4v) is 2.73. The van der Waals surface area contributed by atoms with E-state index in [2.05, 4.69) is 4.72 Å². The summed E-state index contributed by atoms with van der Waals surface area (Å²) < 4.78 is 31.3. The summed E-state index contributed by atoms with van der Waals surface area (Å²) in [5.74, 6) is 0.380. The van der Waals surface area contributed by atoms with Gasteiger partial charge in [-0.1, -0.05) is 36.4 Å². The van der Waals surface area contributed by atoms with Crippen LogP contribution in [0.4, 0.5) is 5.69 Å². The fraction of sp³-hybridized carbons (Fsp3) is 0.294. The van der Waals surface area contributed by atoms with Crippen LogP contribution < -0.4 is 15.2 Å². The number of benzene rings is 2. The van der Waals surface area contributed by atoms with Gasteiger partial charge in [-0.15, -0.1) is 0 Å². The molecule has 0 aliphatic rings. The van der Waals surface area contributed by atoms with Crippen molar-refractivity contribution in [2.45, 2.75) is 25.7 Å². The lowest BCUT2D eigenvalue weighted by Crippen LogP contribution is -2.24. The van der Waals surface area contributed by atoms with E-state index in [9.17, 15) is 13.5 Å². The molecule has 0 bridgehead atoms. The zero-order chi connectivity index (χ0) is 17.7. The molecule has 0 aliphatic heterocycles. The maximum Gasteiger partial charge on any atom is 0.229 e. The van der Waals surface area contributed by atoms with E-state index in [1.54, 1.807) is 19.1 Å². The minimum atomic E-state index is -3.49. The summed E-state index contributed by atoms with van der Waals surface area (Å²) in [5, 5.41) is 10.1. The largest absolute Gasteiger partial charge is 0.487 e. The maximum absolute atomic E-state index is 11.6. The molecule has 7 heteroatoms. The van der Waals surface area contributed by atoms with Gasteiger partial charge >= 0.3 is 0 Å². The zero-order valence-corrected chi connectivity index (χ0v) is 14.5. The van der Waals surface area contributed by atoms with Crippen molar-refractivity contribution in [1.29, 1.82) is 0 Å². The van der Waals surface area contributed by atoms with Gasteiger partial charge in [0.15, 0.2) is 0 Å². The number of hydrogen-bond donors (Lipinski definition) is 3. The van der Waals surface area contributed by atoms with E-state index in [-0.39, 0.29) is 5.69 Å². The first-order chi connectivity index (χ1) is 11.3. The molecule has 0 aromatic heterocycles. The highest BCUT2D eigenvalue weighted by Crippen LogP contribution is 2.30. The highest BCUT2D eigenvalue weighted by Gasteiger charge is 2.16. The molecule has 0 saturated heterocycles. The number of anilines is 1. The molecule has 0 heterocycles. The molecule has 2 rings (SSSR count). The second kappa shape index (κ2) is 7.65. The molecule has 2 atom stereocenters. The Labute approximate surface area is 142 Å². The first kappa shape index (κ1) is 18.3. The third-order valence-electron chi connectivity index (χ3n) is 3.38. The molecule has 0 spiro atoms. The molecular weight excluding hydrogens is 328 g/mol. The Morgan fingerprint density at radius 1 is 1.21 bits per heavy atom. The van der Waals surface area contributed by atoms with Gasteiger partial charge in [-0.25, -0.2) is 8.42 Å². The minimum absolute atomic E-state index is 0.269. The van der Waals surface area contributed by atoms with Crippen LogP contribution >= 0.6 is 0 Å². The lowest BCUT2D eigenvalue weighted by Gasteiger charge is -2.18. The number of hydrogen-bond acceptors (Lipinski definition) is 5. The molecule has 2 aromatic rings. The van der Waals surface area contributed by atoms with Gasteiger partial charge in [0.25, 0.3) is 0 Å². The lowest BCUT2D eigenvalue weighted by molar-refractivity contribution is 0.153. The summed E-state index contributed by atoms with van der Waals surface area (Å²) in [6, 6.07) is 13.9. The Bertz CT molecular complexity index is 776. The van der Waals surface area contributed by atoms with Crippen LogP contribution in [-0.4, -0.2) is 25.8 Å². The first-order valence-corrected chi connectivity index (χ1v) is 9.37. The van der Waals surface area contributed by atoms with Crippen molar-refractivity contribution < 1.29 is 18.3 Å². The Morgan fingerprint density at radius 2 is 1.88 bits per heavy atom. The number of ether oxygens (including phenoxy) is 1. The van der Waals surface area contributed by atoms with Crippen molar-refractivity contribution >= 4 is 15.7 Å². The molecule has 0 amide bonds. The van der Waals surface area contributed by atoms with Crippen LogP contribution in [0.5, 0.6) is 5.75 Å². The van der Waals surface area contributed by atoms with E-state index in [0.29, 0.717) is 17.9 Å². The van der Waals surface area contributed by atoms with E-state index in [4.69, 9.17) is 10.5 Å². The molecular formula is C17H22N2O4S. The fourth-order valence-electron chi connectivity index (χ4n) is 2.18. The molecule has 2 aromatic carbocycles. The van der Waals surface area contributed by atoms with E-state index in [1.165, 1.54) is 6.07 Å². The number of aliphatic hydroxyl groups excluding tert-OH is 1. The van der Waals surface area contributed by atoms with Crippen molar-refractivity contribution in [2.75, 3.05) is 11.0 Å². The molecule has 0 fully saturated rings. The Hall–Kier alpha value is -2.09. The van der Waals surface area contributed by atoms with Gasteiger partial charge < -0.3 is 15.6 Å². The van der Waals surface area contributed by atoms with Gasteiger partial charge in [-0.2, -0.15) is 0 Å². The number of nitrogens with one attached hydrogen (secondary N) is 1. The summed E-state index contributed by atoms with van der Waals surface area (Å²) in [5.41, 5.74) is 7.44. The van der Waals surface area contributed by atoms with Crippen LogP contribution in [-0.2, 0) is 16.6 Å². The number of rotatable bonds is 7. The van der Waals surface area contributed by atoms with Crippen molar-refractivity contribution in [3.05, 3.63) is 59.7 Å². The highest BCUT2D eigenvalue weighted by atomic mass is 32.2. The van der Waals surface area contributed by atoms with Crippen LogP contribution in [0.15, 0.2) is 48.5 Å². The summed E-state index contributed by atoms with van der Waals surface area (Å²) in [6.45, 7) is 1.97. The summed E-state index contributed by atoms with van der Waals surface area (Å²) in [7, 11) is -3.49. The topological polar surface area (TPSA) is 102 Å². The predicted octanol–water partition coefficient (Wildman–Crippen LogP) is 2.02. The molecule has 6 nitrogen and oxygen atoms in total. The standard InChI is InChI=1S/C17H22N2O4S/c1-12(18)17(20)14-8-9-16(15(10-14)19-24(2,21)22)23-11-13-6-4-3-5-7-13/h3-10,12,17,19-20H,11,18H2,1-2H3/t12-,17-/m0/s1. The lowest BCUT2D eigenvalue weighted by atomic mass is 10.0. The van der Waals surface area contributed by atoms with Gasteiger partial charge in [0, 0.05) is 6.04 Å². The van der Waals surface area contributed by atoms with Crippen molar-refractivity contribution in [3.8, 4) is 5.75 Å². The average molecular weight is 350 g/mol. The zero-order valence-electron chi connectivity index (χ0n) is 13.6. The molecule has 0 saturated carbocycles. The Balaban J connectivity index is 2.28. The number of sulfonamides is 1.